The van der Waals surface area contributed by atoms with Gasteiger partial charge in [0.2, 0.25) is 5.91 Å². The van der Waals surface area contributed by atoms with E-state index in [2.05, 4.69) is 0 Å². The fourth-order valence-corrected chi connectivity index (χ4v) is 2.53. The zero-order chi connectivity index (χ0) is 14.5. The van der Waals surface area contributed by atoms with E-state index in [1.54, 1.807) is 24.3 Å². The molecule has 0 unspecified atom stereocenters. The van der Waals surface area contributed by atoms with Crippen molar-refractivity contribution >= 4 is 34.6 Å². The summed E-state index contributed by atoms with van der Waals surface area (Å²) in [6.07, 6.45) is 0.166. The van der Waals surface area contributed by atoms with Crippen molar-refractivity contribution in [1.82, 2.24) is 0 Å². The molecule has 0 fully saturated rings. The van der Waals surface area contributed by atoms with Crippen molar-refractivity contribution in [2.75, 3.05) is 17.2 Å². The first-order chi connectivity index (χ1) is 9.58. The smallest absolute Gasteiger partial charge is 0.323 e. The van der Waals surface area contributed by atoms with Crippen LogP contribution in [0.2, 0.25) is 0 Å². The van der Waals surface area contributed by atoms with Gasteiger partial charge in [-0.1, -0.05) is 18.2 Å². The average Bonchev–Trinajstić information content (AvgIpc) is 2.89. The van der Waals surface area contributed by atoms with Gasteiger partial charge in [0.25, 0.3) is 0 Å². The number of carboxylic acid groups (broad SMARTS) is 1. The lowest BCUT2D eigenvalue weighted by Crippen LogP contribution is -2.37. The second-order valence-electron chi connectivity index (χ2n) is 4.19. The number of carbonyl (C=O) groups excluding carboxylic acids is 1. The van der Waals surface area contributed by atoms with Crippen molar-refractivity contribution in [3.05, 3.63) is 46.7 Å². The van der Waals surface area contributed by atoms with Gasteiger partial charge in [0.15, 0.2) is 0 Å². The van der Waals surface area contributed by atoms with Gasteiger partial charge in [0.05, 0.1) is 17.8 Å². The van der Waals surface area contributed by atoms with Crippen molar-refractivity contribution < 1.29 is 14.7 Å². The molecule has 0 aliphatic heterocycles. The summed E-state index contributed by atoms with van der Waals surface area (Å²) in [5, 5.41) is 10.9. The molecule has 1 heterocycles. The lowest BCUT2D eigenvalue weighted by Gasteiger charge is -2.22. The normalized spacial score (nSPS) is 10.2. The minimum Gasteiger partial charge on any atom is -0.480 e. The molecule has 6 heteroatoms. The number of hydrogen-bond acceptors (Lipinski definition) is 4. The van der Waals surface area contributed by atoms with Crippen LogP contribution >= 0.6 is 11.3 Å². The molecule has 0 atom stereocenters. The van der Waals surface area contributed by atoms with Gasteiger partial charge >= 0.3 is 5.97 Å². The van der Waals surface area contributed by atoms with Crippen LogP contribution in [0, 0.1) is 0 Å². The molecule has 0 spiro atoms. The number of hydrogen-bond donors (Lipinski definition) is 2. The number of amides is 1. The molecule has 0 bridgehead atoms. The van der Waals surface area contributed by atoms with Crippen LogP contribution in [0.25, 0.3) is 0 Å². The Kier molecular flexibility index (Phi) is 4.37. The predicted octanol–water partition coefficient (Wildman–Crippen LogP) is 1.99. The zero-order valence-electron chi connectivity index (χ0n) is 10.7. The van der Waals surface area contributed by atoms with Crippen LogP contribution < -0.4 is 10.6 Å². The van der Waals surface area contributed by atoms with Crippen LogP contribution in [-0.4, -0.2) is 23.5 Å². The van der Waals surface area contributed by atoms with Gasteiger partial charge in [0, 0.05) is 4.88 Å². The van der Waals surface area contributed by atoms with E-state index in [0.29, 0.717) is 11.4 Å². The third-order valence-electron chi connectivity index (χ3n) is 2.73. The van der Waals surface area contributed by atoms with E-state index in [9.17, 15) is 9.59 Å². The minimum absolute atomic E-state index is 0.166. The Morgan fingerprint density at radius 3 is 2.55 bits per heavy atom. The van der Waals surface area contributed by atoms with Gasteiger partial charge < -0.3 is 10.8 Å². The molecule has 104 valence electrons. The van der Waals surface area contributed by atoms with Gasteiger partial charge in [-0.25, -0.2) is 0 Å². The number of thiophene rings is 1. The van der Waals surface area contributed by atoms with E-state index in [4.69, 9.17) is 10.8 Å². The summed E-state index contributed by atoms with van der Waals surface area (Å²) in [6, 6.07) is 10.4. The van der Waals surface area contributed by atoms with Gasteiger partial charge in [-0.15, -0.1) is 11.3 Å². The molecule has 2 aromatic rings. The highest BCUT2D eigenvalue weighted by Gasteiger charge is 2.21. The molecule has 0 saturated carbocycles. The lowest BCUT2D eigenvalue weighted by molar-refractivity contribution is -0.136. The molecular weight excluding hydrogens is 276 g/mol. The molecule has 1 aromatic carbocycles. The third kappa shape index (κ3) is 3.36. The highest BCUT2D eigenvalue weighted by molar-refractivity contribution is 7.10. The van der Waals surface area contributed by atoms with Crippen molar-refractivity contribution in [3.63, 3.8) is 0 Å². The van der Waals surface area contributed by atoms with Gasteiger partial charge in [-0.2, -0.15) is 0 Å². The predicted molar refractivity (Wildman–Crippen MR) is 78.9 cm³/mol. The summed E-state index contributed by atoms with van der Waals surface area (Å²) >= 11 is 1.46. The largest absolute Gasteiger partial charge is 0.480 e. The number of nitrogens with two attached hydrogens (primary N) is 1. The van der Waals surface area contributed by atoms with Gasteiger partial charge in [-0.05, 0) is 23.6 Å². The summed E-state index contributed by atoms with van der Waals surface area (Å²) in [5.41, 5.74) is 6.63. The molecule has 0 aliphatic rings. The summed E-state index contributed by atoms with van der Waals surface area (Å²) in [7, 11) is 0. The third-order valence-corrected chi connectivity index (χ3v) is 3.60. The van der Waals surface area contributed by atoms with Crippen LogP contribution in [0.5, 0.6) is 0 Å². The van der Waals surface area contributed by atoms with E-state index < -0.39 is 12.5 Å². The molecule has 0 aliphatic carbocycles. The van der Waals surface area contributed by atoms with E-state index in [0.717, 1.165) is 4.88 Å². The zero-order valence-corrected chi connectivity index (χ0v) is 11.5. The Balaban J connectivity index is 2.25. The van der Waals surface area contributed by atoms with Crippen LogP contribution in [-0.2, 0) is 16.0 Å². The van der Waals surface area contributed by atoms with Crippen molar-refractivity contribution in [1.29, 1.82) is 0 Å². The molecule has 3 N–H and O–H groups in total. The fourth-order valence-electron chi connectivity index (χ4n) is 1.83. The number of aliphatic carboxylic acids is 1. The number of anilines is 2. The van der Waals surface area contributed by atoms with E-state index in [1.165, 1.54) is 16.2 Å². The maximum absolute atomic E-state index is 12.3. The minimum atomic E-state index is -1.08. The van der Waals surface area contributed by atoms with Crippen LogP contribution in [0.4, 0.5) is 11.4 Å². The van der Waals surface area contributed by atoms with Crippen molar-refractivity contribution in [2.45, 2.75) is 6.42 Å². The molecule has 0 radical (unpaired) electrons. The lowest BCUT2D eigenvalue weighted by atomic mass is 10.2. The number of nitrogen functional groups attached to an aromatic ring is 1. The maximum atomic E-state index is 12.3. The monoisotopic (exact) mass is 290 g/mol. The number of para-hydroxylation sites is 2. The second kappa shape index (κ2) is 6.21. The highest BCUT2D eigenvalue weighted by atomic mass is 32.1. The summed E-state index contributed by atoms with van der Waals surface area (Å²) in [6.45, 7) is -0.404. The Labute approximate surface area is 120 Å². The standard InChI is InChI=1S/C14H14N2O3S/c15-11-5-1-2-6-12(11)16(9-14(18)19)13(17)8-10-4-3-7-20-10/h1-7H,8-9,15H2,(H,18,19). The van der Waals surface area contributed by atoms with Gasteiger partial charge in [-0.3, -0.25) is 14.5 Å². The number of rotatable bonds is 5. The Bertz CT molecular complexity index is 611. The first kappa shape index (κ1) is 14.1. The molecule has 20 heavy (non-hydrogen) atoms. The van der Waals surface area contributed by atoms with Crippen molar-refractivity contribution in [2.24, 2.45) is 0 Å². The molecule has 0 saturated heterocycles. The van der Waals surface area contributed by atoms with Crippen LogP contribution in [0.1, 0.15) is 4.88 Å². The van der Waals surface area contributed by atoms with Gasteiger partial charge in [0.1, 0.15) is 6.54 Å². The quantitative estimate of drug-likeness (QED) is 0.825. The summed E-state index contributed by atoms with van der Waals surface area (Å²) in [4.78, 5) is 25.4. The molecule has 2 rings (SSSR count). The Morgan fingerprint density at radius 2 is 1.95 bits per heavy atom. The first-order valence-electron chi connectivity index (χ1n) is 5.97. The number of nitrogens with zero attached hydrogens (tertiary/aromatic N) is 1. The average molecular weight is 290 g/mol. The molecule has 1 amide bonds. The number of carbonyl (C=O) groups is 2. The topological polar surface area (TPSA) is 83.6 Å². The first-order valence-corrected chi connectivity index (χ1v) is 6.85. The van der Waals surface area contributed by atoms with E-state index >= 15 is 0 Å². The summed E-state index contributed by atoms with van der Waals surface area (Å²) in [5.74, 6) is -1.36. The molecule has 5 nitrogen and oxygen atoms in total. The maximum Gasteiger partial charge on any atom is 0.323 e. The molecule has 1 aromatic heterocycles. The Morgan fingerprint density at radius 1 is 1.20 bits per heavy atom. The van der Waals surface area contributed by atoms with Crippen LogP contribution in [0.3, 0.4) is 0 Å². The number of carboxylic acids is 1. The molecular formula is C14H14N2O3S. The fraction of sp³-hybridized carbons (Fsp3) is 0.143. The van der Waals surface area contributed by atoms with Crippen LogP contribution in [0.15, 0.2) is 41.8 Å². The summed E-state index contributed by atoms with van der Waals surface area (Å²) < 4.78 is 0. The SMILES string of the molecule is Nc1ccccc1N(CC(=O)O)C(=O)Cc1cccs1. The number of benzene rings is 1. The van der Waals surface area contributed by atoms with E-state index in [-0.39, 0.29) is 12.3 Å². The Hall–Kier alpha value is -2.34. The second-order valence-corrected chi connectivity index (χ2v) is 5.22. The highest BCUT2D eigenvalue weighted by Crippen LogP contribution is 2.23. The van der Waals surface area contributed by atoms with Crippen molar-refractivity contribution in [3.8, 4) is 0 Å². The van der Waals surface area contributed by atoms with E-state index in [1.807, 2.05) is 17.5 Å².